The molecular weight excluding hydrogens is 302 g/mol. The fourth-order valence-corrected chi connectivity index (χ4v) is 3.61. The zero-order chi connectivity index (χ0) is 15.8. The normalized spacial score (nSPS) is 23.2. The van der Waals surface area contributed by atoms with E-state index in [1.54, 1.807) is 0 Å². The molecule has 0 saturated carbocycles. The van der Waals surface area contributed by atoms with Gasteiger partial charge in [-0.2, -0.15) is 4.31 Å². The van der Waals surface area contributed by atoms with Crippen LogP contribution in [0, 0.1) is 10.1 Å². The molecule has 0 aromatic heterocycles. The third-order valence-electron chi connectivity index (χ3n) is 3.30. The summed E-state index contributed by atoms with van der Waals surface area (Å²) >= 11 is 0. The van der Waals surface area contributed by atoms with Gasteiger partial charge in [0.1, 0.15) is 5.69 Å². The van der Waals surface area contributed by atoms with Gasteiger partial charge in [0.05, 0.1) is 22.0 Å². The molecule has 1 aliphatic rings. The lowest BCUT2D eigenvalue weighted by Crippen LogP contribution is -2.30. The highest BCUT2D eigenvalue weighted by Crippen LogP contribution is 2.29. The van der Waals surface area contributed by atoms with Crippen LogP contribution in [0.3, 0.4) is 0 Å². The number of benzene rings is 1. The molecule has 3 N–H and O–H groups in total. The molecule has 0 radical (unpaired) electrons. The number of anilines is 1. The maximum absolute atomic E-state index is 12.4. The first kappa shape index (κ1) is 15.6. The first-order valence-corrected chi connectivity index (χ1v) is 7.54. The van der Waals surface area contributed by atoms with Crippen LogP contribution in [0.2, 0.25) is 0 Å². The molecule has 0 bridgehead atoms. The molecule has 2 unspecified atom stereocenters. The number of hydrogen-bond donors (Lipinski definition) is 3. The van der Waals surface area contributed by atoms with Crippen LogP contribution >= 0.6 is 0 Å². The Labute approximate surface area is 121 Å². The van der Waals surface area contributed by atoms with E-state index >= 15 is 0 Å². The van der Waals surface area contributed by atoms with Crippen LogP contribution in [0.4, 0.5) is 11.4 Å². The number of nitro groups is 1. The second kappa shape index (κ2) is 5.56. The number of aliphatic hydroxyl groups excluding tert-OH is 2. The molecule has 1 aliphatic heterocycles. The zero-order valence-corrected chi connectivity index (χ0v) is 11.9. The molecule has 1 fully saturated rings. The number of hydrogen-bond acceptors (Lipinski definition) is 7. The van der Waals surface area contributed by atoms with Crippen molar-refractivity contribution in [2.24, 2.45) is 0 Å². The highest BCUT2D eigenvalue weighted by atomic mass is 32.2. The summed E-state index contributed by atoms with van der Waals surface area (Å²) in [6.07, 6.45) is -2.32. The first-order chi connectivity index (χ1) is 9.77. The smallest absolute Gasteiger partial charge is 0.293 e. The lowest BCUT2D eigenvalue weighted by atomic mass is 10.3. The molecule has 0 spiro atoms. The summed E-state index contributed by atoms with van der Waals surface area (Å²) in [7, 11) is -2.51. The number of nitro benzene ring substituents is 1. The Kier molecular flexibility index (Phi) is 4.14. The molecule has 1 aromatic carbocycles. The van der Waals surface area contributed by atoms with Gasteiger partial charge in [-0.1, -0.05) is 0 Å². The van der Waals surface area contributed by atoms with E-state index in [0.29, 0.717) is 0 Å². The highest BCUT2D eigenvalue weighted by molar-refractivity contribution is 7.89. The minimum atomic E-state index is -4.00. The Morgan fingerprint density at radius 1 is 1.33 bits per heavy atom. The summed E-state index contributed by atoms with van der Waals surface area (Å²) in [5.41, 5.74) is -0.167. The van der Waals surface area contributed by atoms with Gasteiger partial charge in [0.15, 0.2) is 0 Å². The molecule has 2 rings (SSSR count). The minimum absolute atomic E-state index is 0.195. The van der Waals surface area contributed by atoms with Crippen molar-refractivity contribution in [3.63, 3.8) is 0 Å². The van der Waals surface area contributed by atoms with E-state index in [9.17, 15) is 28.7 Å². The van der Waals surface area contributed by atoms with Crippen LogP contribution in [0.15, 0.2) is 23.1 Å². The Morgan fingerprint density at radius 3 is 2.38 bits per heavy atom. The number of aliphatic hydroxyl groups is 2. The predicted molar refractivity (Wildman–Crippen MR) is 73.4 cm³/mol. The Morgan fingerprint density at radius 2 is 1.90 bits per heavy atom. The van der Waals surface area contributed by atoms with E-state index in [2.05, 4.69) is 5.32 Å². The van der Waals surface area contributed by atoms with Crippen molar-refractivity contribution in [1.82, 2.24) is 4.31 Å². The van der Waals surface area contributed by atoms with Gasteiger partial charge in [0, 0.05) is 26.2 Å². The number of sulfonamides is 1. The third kappa shape index (κ3) is 2.83. The van der Waals surface area contributed by atoms with Crippen molar-refractivity contribution < 1.29 is 23.6 Å². The van der Waals surface area contributed by atoms with Gasteiger partial charge in [0.2, 0.25) is 10.0 Å². The second-order valence-corrected chi connectivity index (χ2v) is 6.58. The van der Waals surface area contributed by atoms with Gasteiger partial charge < -0.3 is 15.5 Å². The zero-order valence-electron chi connectivity index (χ0n) is 11.1. The van der Waals surface area contributed by atoms with E-state index in [-0.39, 0.29) is 29.4 Å². The average molecular weight is 317 g/mol. The van der Waals surface area contributed by atoms with E-state index in [1.165, 1.54) is 19.2 Å². The number of nitrogens with one attached hydrogen (secondary N) is 1. The van der Waals surface area contributed by atoms with Crippen LogP contribution in [0.1, 0.15) is 0 Å². The van der Waals surface area contributed by atoms with Crippen molar-refractivity contribution in [3.8, 4) is 0 Å². The molecule has 2 atom stereocenters. The topological polar surface area (TPSA) is 133 Å². The Hall–Kier alpha value is -1.75. The molecule has 10 heteroatoms. The lowest BCUT2D eigenvalue weighted by molar-refractivity contribution is -0.384. The highest BCUT2D eigenvalue weighted by Gasteiger charge is 2.38. The van der Waals surface area contributed by atoms with Gasteiger partial charge in [0.25, 0.3) is 5.69 Å². The molecule has 1 saturated heterocycles. The number of β-amino-alcohol motifs (C(OH)–C–C–N with tert-alkyl or cyclic N) is 2. The van der Waals surface area contributed by atoms with Gasteiger partial charge in [-0.15, -0.1) is 0 Å². The minimum Gasteiger partial charge on any atom is -0.389 e. The second-order valence-electron chi connectivity index (χ2n) is 4.64. The molecule has 116 valence electrons. The third-order valence-corrected chi connectivity index (χ3v) is 5.13. The van der Waals surface area contributed by atoms with E-state index in [0.717, 1.165) is 10.4 Å². The maximum Gasteiger partial charge on any atom is 0.293 e. The maximum atomic E-state index is 12.4. The van der Waals surface area contributed by atoms with E-state index in [4.69, 9.17) is 0 Å². The monoisotopic (exact) mass is 317 g/mol. The van der Waals surface area contributed by atoms with Crippen molar-refractivity contribution >= 4 is 21.4 Å². The van der Waals surface area contributed by atoms with Crippen molar-refractivity contribution in [2.75, 3.05) is 25.5 Å². The van der Waals surface area contributed by atoms with Crippen LogP contribution in [-0.2, 0) is 10.0 Å². The molecule has 21 heavy (non-hydrogen) atoms. The van der Waals surface area contributed by atoms with Crippen LogP contribution < -0.4 is 5.32 Å². The Balaban J connectivity index is 2.42. The number of rotatable bonds is 4. The Bertz CT molecular complexity index is 652. The summed E-state index contributed by atoms with van der Waals surface area (Å²) in [5.74, 6) is 0. The molecule has 0 amide bonds. The molecule has 0 aliphatic carbocycles. The number of nitrogens with zero attached hydrogens (tertiary/aromatic N) is 2. The van der Waals surface area contributed by atoms with Gasteiger partial charge in [-0.05, 0) is 12.1 Å². The quantitative estimate of drug-likeness (QED) is 0.497. The van der Waals surface area contributed by atoms with E-state index < -0.39 is 27.2 Å². The summed E-state index contributed by atoms with van der Waals surface area (Å²) in [6, 6.07) is 3.50. The largest absolute Gasteiger partial charge is 0.389 e. The molecule has 1 heterocycles. The van der Waals surface area contributed by atoms with E-state index in [1.807, 2.05) is 0 Å². The molecule has 1 aromatic rings. The van der Waals surface area contributed by atoms with Crippen molar-refractivity contribution in [3.05, 3.63) is 28.3 Å². The average Bonchev–Trinajstić information content (AvgIpc) is 2.78. The summed E-state index contributed by atoms with van der Waals surface area (Å²) in [4.78, 5) is 10.0. The SMILES string of the molecule is CNc1ccc(S(=O)(=O)N2CC(O)C(O)C2)cc1[N+](=O)[O-]. The van der Waals surface area contributed by atoms with Crippen LogP contribution in [0.5, 0.6) is 0 Å². The first-order valence-electron chi connectivity index (χ1n) is 6.10. The van der Waals surface area contributed by atoms with Gasteiger partial charge >= 0.3 is 0 Å². The molecule has 9 nitrogen and oxygen atoms in total. The predicted octanol–water partition coefficient (Wildman–Crippen LogP) is -0.637. The summed E-state index contributed by atoms with van der Waals surface area (Å²) in [6.45, 7) is -0.490. The fraction of sp³-hybridized carbons (Fsp3) is 0.455. The summed E-state index contributed by atoms with van der Waals surface area (Å²) in [5, 5.41) is 32.4. The summed E-state index contributed by atoms with van der Waals surface area (Å²) < 4.78 is 25.6. The van der Waals surface area contributed by atoms with Crippen molar-refractivity contribution in [2.45, 2.75) is 17.1 Å². The van der Waals surface area contributed by atoms with Crippen LogP contribution in [-0.4, -0.2) is 60.2 Å². The fourth-order valence-electron chi connectivity index (χ4n) is 2.11. The van der Waals surface area contributed by atoms with Gasteiger partial charge in [-0.3, -0.25) is 10.1 Å². The lowest BCUT2D eigenvalue weighted by Gasteiger charge is -2.15. The standard InChI is InChI=1S/C11H15N3O6S/c1-12-8-3-2-7(4-9(8)14(17)18)21(19,20)13-5-10(15)11(16)6-13/h2-4,10-12,15-16H,5-6H2,1H3. The molecular formula is C11H15N3O6S. The van der Waals surface area contributed by atoms with Gasteiger partial charge in [-0.25, -0.2) is 8.42 Å². The van der Waals surface area contributed by atoms with Crippen molar-refractivity contribution in [1.29, 1.82) is 0 Å². The van der Waals surface area contributed by atoms with Crippen LogP contribution in [0.25, 0.3) is 0 Å².